The van der Waals surface area contributed by atoms with E-state index in [1.54, 1.807) is 12.1 Å². The van der Waals surface area contributed by atoms with Crippen LogP contribution in [0.5, 0.6) is 0 Å². The fourth-order valence-electron chi connectivity index (χ4n) is 3.16. The summed E-state index contributed by atoms with van der Waals surface area (Å²) in [6.07, 6.45) is 2.70. The summed E-state index contributed by atoms with van der Waals surface area (Å²) in [6, 6.07) is 14.6. The van der Waals surface area contributed by atoms with Crippen molar-refractivity contribution in [2.24, 2.45) is 5.73 Å². The van der Waals surface area contributed by atoms with Crippen LogP contribution in [0.25, 0.3) is 6.08 Å². The van der Waals surface area contributed by atoms with Crippen molar-refractivity contribution in [3.63, 3.8) is 0 Å². The summed E-state index contributed by atoms with van der Waals surface area (Å²) in [5.41, 5.74) is 8.64. The average molecular weight is 400 g/mol. The number of hydrogen-bond acceptors (Lipinski definition) is 4. The predicted molar refractivity (Wildman–Crippen MR) is 114 cm³/mol. The Balaban J connectivity index is 0.000000221. The molecule has 1 aliphatic rings. The van der Waals surface area contributed by atoms with E-state index in [4.69, 9.17) is 15.6 Å². The Morgan fingerprint density at radius 3 is 2.45 bits per heavy atom. The molecular formula is C23H29FN2O3. The lowest BCUT2D eigenvalue weighted by atomic mass is 10.1. The molecule has 3 N–H and O–H groups in total. The predicted octanol–water partition coefficient (Wildman–Crippen LogP) is 4.24. The lowest BCUT2D eigenvalue weighted by Gasteiger charge is -2.37. The second-order valence-corrected chi connectivity index (χ2v) is 7.24. The molecule has 0 aromatic heterocycles. The van der Waals surface area contributed by atoms with Crippen LogP contribution >= 0.6 is 0 Å². The Morgan fingerprint density at radius 2 is 1.86 bits per heavy atom. The van der Waals surface area contributed by atoms with E-state index in [9.17, 15) is 9.18 Å². The van der Waals surface area contributed by atoms with Gasteiger partial charge in [-0.3, -0.25) is 0 Å². The molecule has 0 bridgehead atoms. The summed E-state index contributed by atoms with van der Waals surface area (Å²) in [6.45, 7) is 8.17. The molecule has 2 aromatic rings. The van der Waals surface area contributed by atoms with Crippen molar-refractivity contribution in [2.75, 3.05) is 18.0 Å². The maximum absolute atomic E-state index is 12.8. The van der Waals surface area contributed by atoms with Crippen molar-refractivity contribution in [2.45, 2.75) is 39.0 Å². The second-order valence-electron chi connectivity index (χ2n) is 7.24. The van der Waals surface area contributed by atoms with Crippen molar-refractivity contribution >= 4 is 17.7 Å². The molecule has 5 nitrogen and oxygen atoms in total. The Bertz CT molecular complexity index is 828. The third-order valence-corrected chi connectivity index (χ3v) is 4.49. The highest BCUT2D eigenvalue weighted by atomic mass is 19.1. The molecule has 0 amide bonds. The number of morpholine rings is 1. The number of anilines is 1. The van der Waals surface area contributed by atoms with E-state index in [1.165, 1.54) is 29.5 Å². The van der Waals surface area contributed by atoms with E-state index in [0.29, 0.717) is 0 Å². The van der Waals surface area contributed by atoms with Gasteiger partial charge in [-0.05, 0) is 50.6 Å². The number of carboxylic acids is 1. The Kier molecular flexibility index (Phi) is 8.36. The number of carbonyl (C=O) groups is 1. The standard InChI is InChI=1S/C14H22N2O.C9H7FO2/c1-10-8-16(9-11(2)17-10)14-6-4-5-13(7-14)12(3)15;10-8-4-2-1-3-7(8)5-6-9(11)12/h4-7,10-12H,8-9,15H2,1-3H3;1-6H,(H,11,12)/b;6-5+/t10-,11+,12-;/m0./s1. The maximum Gasteiger partial charge on any atom is 0.328 e. The zero-order valence-electron chi connectivity index (χ0n) is 17.1. The first-order chi connectivity index (χ1) is 13.8. The molecule has 1 fully saturated rings. The van der Waals surface area contributed by atoms with E-state index in [2.05, 4.69) is 43.0 Å². The number of hydrogen-bond donors (Lipinski definition) is 2. The van der Waals surface area contributed by atoms with E-state index in [-0.39, 0.29) is 23.8 Å². The van der Waals surface area contributed by atoms with Crippen molar-refractivity contribution in [3.05, 3.63) is 71.6 Å². The summed E-state index contributed by atoms with van der Waals surface area (Å²) in [5.74, 6) is -1.51. The molecule has 0 unspecified atom stereocenters. The number of rotatable bonds is 4. The van der Waals surface area contributed by atoms with Crippen molar-refractivity contribution in [1.82, 2.24) is 0 Å². The molecule has 156 valence electrons. The largest absolute Gasteiger partial charge is 0.478 e. The normalized spacial score (nSPS) is 20.1. The van der Waals surface area contributed by atoms with Gasteiger partial charge in [-0.15, -0.1) is 0 Å². The van der Waals surface area contributed by atoms with Gasteiger partial charge in [0.1, 0.15) is 5.82 Å². The molecule has 0 saturated carbocycles. The van der Waals surface area contributed by atoms with Crippen LogP contribution in [0.1, 0.15) is 37.9 Å². The van der Waals surface area contributed by atoms with Crippen LogP contribution < -0.4 is 10.6 Å². The molecule has 29 heavy (non-hydrogen) atoms. The van der Waals surface area contributed by atoms with Crippen LogP contribution in [0, 0.1) is 5.82 Å². The third kappa shape index (κ3) is 7.33. The van der Waals surface area contributed by atoms with Crippen LogP contribution in [0.3, 0.4) is 0 Å². The molecular weight excluding hydrogens is 371 g/mol. The summed E-state index contributed by atoms with van der Waals surface area (Å²) in [7, 11) is 0. The number of carboxylic acid groups (broad SMARTS) is 1. The molecule has 1 aliphatic heterocycles. The summed E-state index contributed by atoms with van der Waals surface area (Å²) >= 11 is 0. The fraction of sp³-hybridized carbons (Fsp3) is 0.348. The summed E-state index contributed by atoms with van der Waals surface area (Å²) in [5, 5.41) is 8.26. The number of benzene rings is 2. The van der Waals surface area contributed by atoms with Crippen LogP contribution in [-0.2, 0) is 9.53 Å². The molecule has 0 aliphatic carbocycles. The molecule has 3 atom stereocenters. The lowest BCUT2D eigenvalue weighted by molar-refractivity contribution is -0.131. The van der Waals surface area contributed by atoms with Crippen molar-refractivity contribution in [3.8, 4) is 0 Å². The highest BCUT2D eigenvalue weighted by Crippen LogP contribution is 2.23. The van der Waals surface area contributed by atoms with E-state index in [0.717, 1.165) is 19.2 Å². The summed E-state index contributed by atoms with van der Waals surface area (Å²) < 4.78 is 18.5. The van der Waals surface area contributed by atoms with E-state index in [1.807, 2.05) is 6.92 Å². The molecule has 0 spiro atoms. The molecule has 0 radical (unpaired) electrons. The minimum atomic E-state index is -1.08. The molecule has 3 rings (SSSR count). The van der Waals surface area contributed by atoms with Gasteiger partial charge in [-0.1, -0.05) is 30.3 Å². The third-order valence-electron chi connectivity index (χ3n) is 4.49. The minimum absolute atomic E-state index is 0.0887. The highest BCUT2D eigenvalue weighted by Gasteiger charge is 2.22. The Hall–Kier alpha value is -2.70. The van der Waals surface area contributed by atoms with Gasteiger partial charge in [0.25, 0.3) is 0 Å². The number of nitrogens with two attached hydrogens (primary N) is 1. The molecule has 1 heterocycles. The first kappa shape index (κ1) is 22.6. The molecule has 6 heteroatoms. The topological polar surface area (TPSA) is 75.8 Å². The van der Waals surface area contributed by atoms with Crippen LogP contribution in [0.4, 0.5) is 10.1 Å². The van der Waals surface area contributed by atoms with Crippen molar-refractivity contribution < 1.29 is 19.0 Å². The fourth-order valence-corrected chi connectivity index (χ4v) is 3.16. The van der Waals surface area contributed by atoms with Gasteiger partial charge in [0.05, 0.1) is 12.2 Å². The van der Waals surface area contributed by atoms with Gasteiger partial charge in [0.15, 0.2) is 0 Å². The number of nitrogens with zero attached hydrogens (tertiary/aromatic N) is 1. The van der Waals surface area contributed by atoms with Gasteiger partial charge >= 0.3 is 5.97 Å². The first-order valence-electron chi connectivity index (χ1n) is 9.67. The van der Waals surface area contributed by atoms with E-state index >= 15 is 0 Å². The van der Waals surface area contributed by atoms with Crippen LogP contribution in [-0.4, -0.2) is 36.4 Å². The average Bonchev–Trinajstić information content (AvgIpc) is 2.67. The zero-order chi connectivity index (χ0) is 21.4. The smallest absolute Gasteiger partial charge is 0.328 e. The van der Waals surface area contributed by atoms with Gasteiger partial charge in [0.2, 0.25) is 0 Å². The van der Waals surface area contributed by atoms with Crippen molar-refractivity contribution in [1.29, 1.82) is 0 Å². The van der Waals surface area contributed by atoms with Gasteiger partial charge in [-0.25, -0.2) is 9.18 Å². The SMILES string of the molecule is C[C@@H]1CN(c2cccc([C@H](C)N)c2)C[C@H](C)O1.O=C(O)/C=C/c1ccccc1F. The monoisotopic (exact) mass is 400 g/mol. The van der Waals surface area contributed by atoms with Gasteiger partial charge < -0.3 is 20.5 Å². The Labute approximate surface area is 171 Å². The lowest BCUT2D eigenvalue weighted by Crippen LogP contribution is -2.45. The number of aliphatic carboxylic acids is 1. The van der Waals surface area contributed by atoms with Gasteiger partial charge in [-0.2, -0.15) is 0 Å². The summed E-state index contributed by atoms with van der Waals surface area (Å²) in [4.78, 5) is 12.5. The van der Waals surface area contributed by atoms with Crippen LogP contribution in [0.15, 0.2) is 54.6 Å². The second kappa shape index (κ2) is 10.7. The molecule has 1 saturated heterocycles. The zero-order valence-corrected chi connectivity index (χ0v) is 17.1. The maximum atomic E-state index is 12.8. The van der Waals surface area contributed by atoms with Gasteiger partial charge in [0, 0.05) is 36.5 Å². The number of ether oxygens (including phenoxy) is 1. The number of halogens is 1. The minimum Gasteiger partial charge on any atom is -0.478 e. The molecule has 2 aromatic carbocycles. The quantitative estimate of drug-likeness (QED) is 0.751. The highest BCUT2D eigenvalue weighted by molar-refractivity contribution is 5.85. The Morgan fingerprint density at radius 1 is 1.21 bits per heavy atom. The first-order valence-corrected chi connectivity index (χ1v) is 9.67. The van der Waals surface area contributed by atoms with E-state index < -0.39 is 11.8 Å². The van der Waals surface area contributed by atoms with Crippen LogP contribution in [0.2, 0.25) is 0 Å².